The van der Waals surface area contributed by atoms with Gasteiger partial charge in [-0.05, 0) is 6.92 Å². The average Bonchev–Trinajstić information content (AvgIpc) is 2.18. The highest BCUT2D eigenvalue weighted by Crippen LogP contribution is 2.05. The van der Waals surface area contributed by atoms with Gasteiger partial charge in [0.25, 0.3) is 0 Å². The summed E-state index contributed by atoms with van der Waals surface area (Å²) in [5.41, 5.74) is 5.15. The maximum atomic E-state index is 10.7. The molecule has 1 rings (SSSR count). The first-order chi connectivity index (χ1) is 7.13. The SMILES string of the molecule is COC[C@H](C)N1CCN(CC(N)=O)CC1. The highest BCUT2D eigenvalue weighted by Gasteiger charge is 2.21. The van der Waals surface area contributed by atoms with Crippen molar-refractivity contribution in [2.24, 2.45) is 5.73 Å². The molecule has 15 heavy (non-hydrogen) atoms. The van der Waals surface area contributed by atoms with Gasteiger partial charge in [-0.1, -0.05) is 0 Å². The molecule has 5 nitrogen and oxygen atoms in total. The van der Waals surface area contributed by atoms with Crippen LogP contribution in [-0.2, 0) is 9.53 Å². The third kappa shape index (κ3) is 4.15. The monoisotopic (exact) mass is 215 g/mol. The van der Waals surface area contributed by atoms with Crippen LogP contribution in [0.3, 0.4) is 0 Å². The lowest BCUT2D eigenvalue weighted by molar-refractivity contribution is -0.119. The number of rotatable bonds is 5. The number of methoxy groups -OCH3 is 1. The second-order valence-electron chi connectivity index (χ2n) is 4.08. The third-order valence-corrected chi connectivity index (χ3v) is 2.82. The number of carbonyl (C=O) groups is 1. The highest BCUT2D eigenvalue weighted by atomic mass is 16.5. The molecule has 0 unspecified atom stereocenters. The zero-order valence-corrected chi connectivity index (χ0v) is 9.61. The molecule has 1 fully saturated rings. The Bertz CT molecular complexity index is 203. The van der Waals surface area contributed by atoms with Crippen LogP contribution in [0.5, 0.6) is 0 Å². The standard InChI is InChI=1S/C10H21N3O2/c1-9(8-15-2)13-5-3-12(4-6-13)7-10(11)14/h9H,3-8H2,1-2H3,(H2,11,14)/t9-/m0/s1. The Hall–Kier alpha value is -0.650. The molecule has 0 aromatic carbocycles. The molecule has 88 valence electrons. The maximum Gasteiger partial charge on any atom is 0.231 e. The minimum Gasteiger partial charge on any atom is -0.383 e. The Balaban J connectivity index is 2.26. The fourth-order valence-corrected chi connectivity index (χ4v) is 1.93. The van der Waals surface area contributed by atoms with Gasteiger partial charge >= 0.3 is 0 Å². The number of piperazine rings is 1. The summed E-state index contributed by atoms with van der Waals surface area (Å²) in [7, 11) is 1.72. The second-order valence-corrected chi connectivity index (χ2v) is 4.08. The molecule has 0 aliphatic carbocycles. The van der Waals surface area contributed by atoms with Crippen molar-refractivity contribution < 1.29 is 9.53 Å². The third-order valence-electron chi connectivity index (χ3n) is 2.82. The zero-order valence-electron chi connectivity index (χ0n) is 9.61. The van der Waals surface area contributed by atoms with E-state index in [2.05, 4.69) is 16.7 Å². The molecular formula is C10H21N3O2. The molecule has 0 aromatic rings. The number of hydrogen-bond donors (Lipinski definition) is 1. The fraction of sp³-hybridized carbons (Fsp3) is 0.900. The van der Waals surface area contributed by atoms with Crippen molar-refractivity contribution in [3.05, 3.63) is 0 Å². The van der Waals surface area contributed by atoms with Crippen molar-refractivity contribution in [2.45, 2.75) is 13.0 Å². The van der Waals surface area contributed by atoms with Gasteiger partial charge in [-0.15, -0.1) is 0 Å². The highest BCUT2D eigenvalue weighted by molar-refractivity contribution is 5.75. The Labute approximate surface area is 91.2 Å². The summed E-state index contributed by atoms with van der Waals surface area (Å²) in [5.74, 6) is -0.242. The van der Waals surface area contributed by atoms with E-state index in [-0.39, 0.29) is 5.91 Å². The van der Waals surface area contributed by atoms with Crippen LogP contribution in [0, 0.1) is 0 Å². The van der Waals surface area contributed by atoms with Gasteiger partial charge in [0.1, 0.15) is 0 Å². The fourth-order valence-electron chi connectivity index (χ4n) is 1.93. The van der Waals surface area contributed by atoms with E-state index in [1.54, 1.807) is 7.11 Å². The topological polar surface area (TPSA) is 58.8 Å². The number of nitrogens with zero attached hydrogens (tertiary/aromatic N) is 2. The Morgan fingerprint density at radius 2 is 2.00 bits per heavy atom. The first-order valence-electron chi connectivity index (χ1n) is 5.37. The Morgan fingerprint density at radius 3 is 2.47 bits per heavy atom. The minimum absolute atomic E-state index is 0.242. The van der Waals surface area contributed by atoms with Gasteiger partial charge in [0.05, 0.1) is 13.2 Å². The largest absolute Gasteiger partial charge is 0.383 e. The van der Waals surface area contributed by atoms with Gasteiger partial charge in [-0.2, -0.15) is 0 Å². The van der Waals surface area contributed by atoms with E-state index >= 15 is 0 Å². The van der Waals surface area contributed by atoms with Gasteiger partial charge in [0.2, 0.25) is 5.91 Å². The minimum atomic E-state index is -0.242. The summed E-state index contributed by atoms with van der Waals surface area (Å²) in [6.07, 6.45) is 0. The van der Waals surface area contributed by atoms with Crippen LogP contribution in [0.25, 0.3) is 0 Å². The lowest BCUT2D eigenvalue weighted by atomic mass is 10.2. The molecule has 0 radical (unpaired) electrons. The molecule has 0 saturated carbocycles. The van der Waals surface area contributed by atoms with Gasteiger partial charge in [0.15, 0.2) is 0 Å². The van der Waals surface area contributed by atoms with Crippen molar-refractivity contribution in [2.75, 3.05) is 46.4 Å². The maximum absolute atomic E-state index is 10.7. The van der Waals surface area contributed by atoms with E-state index in [0.29, 0.717) is 12.6 Å². The summed E-state index contributed by atoms with van der Waals surface area (Å²) >= 11 is 0. The van der Waals surface area contributed by atoms with Crippen LogP contribution < -0.4 is 5.73 Å². The predicted octanol–water partition coefficient (Wildman–Crippen LogP) is -0.876. The van der Waals surface area contributed by atoms with Crippen molar-refractivity contribution in [1.29, 1.82) is 0 Å². The Morgan fingerprint density at radius 1 is 1.40 bits per heavy atom. The summed E-state index contributed by atoms with van der Waals surface area (Å²) in [4.78, 5) is 15.2. The van der Waals surface area contributed by atoms with Crippen LogP contribution >= 0.6 is 0 Å². The van der Waals surface area contributed by atoms with Gasteiger partial charge in [-0.3, -0.25) is 14.6 Å². The summed E-state index contributed by atoms with van der Waals surface area (Å²) < 4.78 is 5.12. The van der Waals surface area contributed by atoms with Crippen molar-refractivity contribution in [1.82, 2.24) is 9.80 Å². The molecule has 1 atom stereocenters. The molecule has 0 spiro atoms. The molecule has 0 aromatic heterocycles. The lowest BCUT2D eigenvalue weighted by Crippen LogP contribution is -2.52. The van der Waals surface area contributed by atoms with Crippen molar-refractivity contribution in [3.8, 4) is 0 Å². The Kier molecular flexibility index (Phi) is 5.01. The first-order valence-corrected chi connectivity index (χ1v) is 5.37. The van der Waals surface area contributed by atoms with Gasteiger partial charge < -0.3 is 10.5 Å². The van der Waals surface area contributed by atoms with E-state index in [9.17, 15) is 4.79 Å². The normalized spacial score (nSPS) is 21.5. The van der Waals surface area contributed by atoms with Crippen molar-refractivity contribution >= 4 is 5.91 Å². The average molecular weight is 215 g/mol. The second kappa shape index (κ2) is 6.05. The van der Waals surface area contributed by atoms with Crippen molar-refractivity contribution in [3.63, 3.8) is 0 Å². The number of amides is 1. The smallest absolute Gasteiger partial charge is 0.231 e. The molecule has 1 saturated heterocycles. The van der Waals surface area contributed by atoms with Gasteiger partial charge in [-0.25, -0.2) is 0 Å². The van der Waals surface area contributed by atoms with E-state index in [4.69, 9.17) is 10.5 Å². The number of carbonyl (C=O) groups excluding carboxylic acids is 1. The molecular weight excluding hydrogens is 194 g/mol. The molecule has 0 bridgehead atoms. The lowest BCUT2D eigenvalue weighted by Gasteiger charge is -2.37. The molecule has 5 heteroatoms. The van der Waals surface area contributed by atoms with Crippen LogP contribution in [0.1, 0.15) is 6.92 Å². The summed E-state index contributed by atoms with van der Waals surface area (Å²) in [6, 6.07) is 0.450. The van der Waals surface area contributed by atoms with Crippen LogP contribution in [0.2, 0.25) is 0 Å². The molecule has 1 aliphatic rings. The molecule has 1 amide bonds. The van der Waals surface area contributed by atoms with E-state index < -0.39 is 0 Å². The van der Waals surface area contributed by atoms with Crippen LogP contribution in [0.4, 0.5) is 0 Å². The van der Waals surface area contributed by atoms with Crippen LogP contribution in [0.15, 0.2) is 0 Å². The number of nitrogens with two attached hydrogens (primary N) is 1. The number of primary amides is 1. The summed E-state index contributed by atoms with van der Waals surface area (Å²) in [5, 5.41) is 0. The molecule has 2 N–H and O–H groups in total. The van der Waals surface area contributed by atoms with Gasteiger partial charge in [0, 0.05) is 39.3 Å². The number of hydrogen-bond acceptors (Lipinski definition) is 4. The van der Waals surface area contributed by atoms with E-state index in [0.717, 1.165) is 32.8 Å². The first kappa shape index (κ1) is 12.4. The number of ether oxygens (including phenoxy) is 1. The van der Waals surface area contributed by atoms with Crippen LogP contribution in [-0.4, -0.2) is 68.2 Å². The van der Waals surface area contributed by atoms with E-state index in [1.165, 1.54) is 0 Å². The zero-order chi connectivity index (χ0) is 11.3. The quantitative estimate of drug-likeness (QED) is 0.647. The predicted molar refractivity (Wildman–Crippen MR) is 58.5 cm³/mol. The molecule has 1 heterocycles. The summed E-state index contributed by atoms with van der Waals surface area (Å²) in [6.45, 7) is 7.10. The molecule has 1 aliphatic heterocycles. The van der Waals surface area contributed by atoms with E-state index in [1.807, 2.05) is 0 Å².